The lowest BCUT2D eigenvalue weighted by atomic mass is 10.2. The van der Waals surface area contributed by atoms with Crippen molar-refractivity contribution in [2.24, 2.45) is 0 Å². The number of hydrogen-bond acceptors (Lipinski definition) is 8. The third kappa shape index (κ3) is 4.07. The molecule has 0 fully saturated rings. The first-order chi connectivity index (χ1) is 12.6. The van der Waals surface area contributed by atoms with E-state index in [9.17, 15) is 4.79 Å². The molecule has 3 heterocycles. The fourth-order valence-electron chi connectivity index (χ4n) is 2.24. The smallest absolute Gasteiger partial charge is 0.239 e. The normalized spacial score (nSPS) is 12.1. The van der Waals surface area contributed by atoms with Crippen LogP contribution in [0, 0.1) is 0 Å². The van der Waals surface area contributed by atoms with Gasteiger partial charge in [0.15, 0.2) is 11.0 Å². The number of anilines is 1. The number of thioether (sulfide) groups is 1. The fraction of sp³-hybridized carbons (Fsp3) is 0.375. The van der Waals surface area contributed by atoms with E-state index in [0.717, 1.165) is 22.8 Å². The number of pyridine rings is 1. The van der Waals surface area contributed by atoms with E-state index < -0.39 is 0 Å². The van der Waals surface area contributed by atoms with Crippen molar-refractivity contribution < 1.29 is 4.79 Å². The number of carbonyl (C=O) groups is 1. The quantitative estimate of drug-likeness (QED) is 0.620. The minimum atomic E-state index is -0.344. The zero-order chi connectivity index (χ0) is 18.5. The molecular weight excluding hydrogens is 370 g/mol. The van der Waals surface area contributed by atoms with Gasteiger partial charge in [-0.15, -0.1) is 20.4 Å². The highest BCUT2D eigenvalue weighted by molar-refractivity contribution is 8.00. The van der Waals surface area contributed by atoms with Gasteiger partial charge >= 0.3 is 0 Å². The van der Waals surface area contributed by atoms with Gasteiger partial charge in [-0.25, -0.2) is 0 Å². The molecule has 1 N–H and O–H groups in total. The number of carbonyl (C=O) groups excluding carboxylic acids is 1. The van der Waals surface area contributed by atoms with Crippen LogP contribution in [0.5, 0.6) is 0 Å². The molecule has 10 heteroatoms. The van der Waals surface area contributed by atoms with Gasteiger partial charge in [0, 0.05) is 24.5 Å². The average Bonchev–Trinajstić information content (AvgIpc) is 3.28. The molecule has 26 heavy (non-hydrogen) atoms. The van der Waals surface area contributed by atoms with Gasteiger partial charge in [0.1, 0.15) is 5.01 Å². The monoisotopic (exact) mass is 389 g/mol. The zero-order valence-electron chi connectivity index (χ0n) is 14.7. The molecule has 3 rings (SSSR count). The molecule has 136 valence electrons. The van der Waals surface area contributed by atoms with Gasteiger partial charge in [-0.05, 0) is 32.4 Å². The van der Waals surface area contributed by atoms with Gasteiger partial charge in [0.2, 0.25) is 11.0 Å². The summed E-state index contributed by atoms with van der Waals surface area (Å²) in [4.78, 5) is 16.5. The number of rotatable bonds is 7. The van der Waals surface area contributed by atoms with Gasteiger partial charge in [-0.2, -0.15) is 0 Å². The summed E-state index contributed by atoms with van der Waals surface area (Å²) in [5, 5.41) is 21.1. The predicted octanol–water partition coefficient (Wildman–Crippen LogP) is 2.89. The van der Waals surface area contributed by atoms with Crippen molar-refractivity contribution in [2.45, 2.75) is 44.1 Å². The summed E-state index contributed by atoms with van der Waals surface area (Å²) in [5.41, 5.74) is 0.944. The minimum Gasteiger partial charge on any atom is -0.302 e. The number of amides is 1. The highest BCUT2D eigenvalue weighted by atomic mass is 32.2. The molecule has 3 aromatic heterocycles. The predicted molar refractivity (Wildman–Crippen MR) is 102 cm³/mol. The lowest BCUT2D eigenvalue weighted by Gasteiger charge is -2.11. The van der Waals surface area contributed by atoms with Gasteiger partial charge in [0.25, 0.3) is 0 Å². The maximum atomic E-state index is 12.4. The number of hydrogen-bond donors (Lipinski definition) is 1. The Balaban J connectivity index is 1.71. The van der Waals surface area contributed by atoms with Crippen molar-refractivity contribution in [1.82, 2.24) is 29.9 Å². The summed E-state index contributed by atoms with van der Waals surface area (Å²) in [6, 6.07) is 3.78. The van der Waals surface area contributed by atoms with Crippen molar-refractivity contribution in [3.8, 4) is 11.4 Å². The summed E-state index contributed by atoms with van der Waals surface area (Å²) in [6.07, 6.45) is 4.24. The minimum absolute atomic E-state index is 0.134. The number of aryl methyl sites for hydroxylation is 1. The topological polar surface area (TPSA) is 98.5 Å². The van der Waals surface area contributed by atoms with Crippen LogP contribution in [0.2, 0.25) is 0 Å². The van der Waals surface area contributed by atoms with E-state index in [0.29, 0.717) is 16.8 Å². The second-order valence-electron chi connectivity index (χ2n) is 5.39. The van der Waals surface area contributed by atoms with Crippen LogP contribution in [0.1, 0.15) is 25.8 Å². The molecule has 0 spiro atoms. The molecule has 1 atom stereocenters. The van der Waals surface area contributed by atoms with E-state index in [-0.39, 0.29) is 11.2 Å². The second-order valence-corrected chi connectivity index (χ2v) is 7.76. The van der Waals surface area contributed by atoms with E-state index in [1.165, 1.54) is 23.1 Å². The Morgan fingerprint density at radius 2 is 2.00 bits per heavy atom. The summed E-state index contributed by atoms with van der Waals surface area (Å²) >= 11 is 2.76. The average molecular weight is 390 g/mol. The van der Waals surface area contributed by atoms with Crippen LogP contribution in [-0.4, -0.2) is 41.1 Å². The number of aromatic nitrogens is 6. The standard InChI is InChI=1S/C16H19N7OS2/c1-4-12-19-21-15(26-12)18-14(24)10(3)25-16-22-20-13(23(16)5-2)11-6-8-17-9-7-11/h6-10H,4-5H2,1-3H3,(H,18,21,24)/t10-/m0/s1. The summed E-state index contributed by atoms with van der Waals surface area (Å²) in [6.45, 7) is 6.57. The molecule has 3 aromatic rings. The number of nitrogens with zero attached hydrogens (tertiary/aromatic N) is 6. The van der Waals surface area contributed by atoms with Gasteiger partial charge in [-0.3, -0.25) is 15.1 Å². The van der Waals surface area contributed by atoms with Crippen LogP contribution in [-0.2, 0) is 17.8 Å². The van der Waals surface area contributed by atoms with E-state index >= 15 is 0 Å². The third-order valence-corrected chi connectivity index (χ3v) is 5.69. The van der Waals surface area contributed by atoms with Gasteiger partial charge in [0.05, 0.1) is 5.25 Å². The van der Waals surface area contributed by atoms with Crippen LogP contribution < -0.4 is 5.32 Å². The molecule has 1 amide bonds. The zero-order valence-corrected chi connectivity index (χ0v) is 16.3. The Morgan fingerprint density at radius 3 is 2.65 bits per heavy atom. The van der Waals surface area contributed by atoms with E-state index in [4.69, 9.17) is 0 Å². The summed E-state index contributed by atoms with van der Waals surface area (Å²) < 4.78 is 1.99. The first-order valence-corrected chi connectivity index (χ1v) is 9.95. The highest BCUT2D eigenvalue weighted by Crippen LogP contribution is 2.27. The van der Waals surface area contributed by atoms with E-state index in [1.54, 1.807) is 12.4 Å². The van der Waals surface area contributed by atoms with Crippen molar-refractivity contribution >= 4 is 34.1 Å². The largest absolute Gasteiger partial charge is 0.302 e. The molecular formula is C16H19N7OS2. The molecule has 0 radical (unpaired) electrons. The first-order valence-electron chi connectivity index (χ1n) is 8.25. The van der Waals surface area contributed by atoms with E-state index in [1.807, 2.05) is 37.5 Å². The molecule has 0 saturated carbocycles. The van der Waals surface area contributed by atoms with Crippen LogP contribution in [0.4, 0.5) is 5.13 Å². The lowest BCUT2D eigenvalue weighted by molar-refractivity contribution is -0.115. The van der Waals surface area contributed by atoms with Gasteiger partial charge < -0.3 is 4.57 Å². The van der Waals surface area contributed by atoms with Crippen LogP contribution in [0.3, 0.4) is 0 Å². The van der Waals surface area contributed by atoms with Crippen molar-refractivity contribution in [2.75, 3.05) is 5.32 Å². The van der Waals surface area contributed by atoms with Crippen LogP contribution >= 0.6 is 23.1 Å². The fourth-order valence-corrected chi connectivity index (χ4v) is 3.84. The SMILES string of the molecule is CCc1nnc(NC(=O)[C@H](C)Sc2nnc(-c3ccncc3)n2CC)s1. The highest BCUT2D eigenvalue weighted by Gasteiger charge is 2.21. The Labute approximate surface area is 159 Å². The van der Waals surface area contributed by atoms with E-state index in [2.05, 4.69) is 30.7 Å². The van der Waals surface area contributed by atoms with Crippen molar-refractivity contribution in [1.29, 1.82) is 0 Å². The molecule has 0 aliphatic rings. The maximum absolute atomic E-state index is 12.4. The molecule has 0 aliphatic carbocycles. The maximum Gasteiger partial charge on any atom is 0.239 e. The molecule has 0 bridgehead atoms. The Bertz CT molecular complexity index is 878. The van der Waals surface area contributed by atoms with Gasteiger partial charge in [-0.1, -0.05) is 30.0 Å². The Kier molecular flexibility index (Phi) is 5.94. The Morgan fingerprint density at radius 1 is 1.23 bits per heavy atom. The molecule has 0 saturated heterocycles. The Hall–Kier alpha value is -2.33. The molecule has 0 aromatic carbocycles. The second kappa shape index (κ2) is 8.37. The summed E-state index contributed by atoms with van der Waals surface area (Å²) in [5.74, 6) is 0.631. The van der Waals surface area contributed by atoms with Crippen LogP contribution in [0.15, 0.2) is 29.7 Å². The third-order valence-electron chi connectivity index (χ3n) is 3.62. The van der Waals surface area contributed by atoms with Crippen molar-refractivity contribution in [3.63, 3.8) is 0 Å². The summed E-state index contributed by atoms with van der Waals surface area (Å²) in [7, 11) is 0. The first kappa shape index (κ1) is 18.5. The van der Waals surface area contributed by atoms with Crippen molar-refractivity contribution in [3.05, 3.63) is 29.5 Å². The molecule has 8 nitrogen and oxygen atoms in total. The number of nitrogens with one attached hydrogen (secondary N) is 1. The lowest BCUT2D eigenvalue weighted by Crippen LogP contribution is -2.22. The molecule has 0 aliphatic heterocycles. The molecule has 0 unspecified atom stereocenters. The van der Waals surface area contributed by atoms with Crippen LogP contribution in [0.25, 0.3) is 11.4 Å².